The maximum Gasteiger partial charge on any atom is 0.234 e. The van der Waals surface area contributed by atoms with Crippen LogP contribution in [-0.2, 0) is 4.79 Å². The molecule has 0 saturated carbocycles. The van der Waals surface area contributed by atoms with Crippen molar-refractivity contribution in [3.8, 4) is 22.9 Å². The molecule has 7 nitrogen and oxygen atoms in total. The third kappa shape index (κ3) is 5.01. The van der Waals surface area contributed by atoms with Gasteiger partial charge in [0.05, 0.1) is 11.3 Å². The molecule has 9 heteroatoms. The zero-order valence-corrected chi connectivity index (χ0v) is 17.1. The molecule has 0 aliphatic heterocycles. The van der Waals surface area contributed by atoms with E-state index in [0.29, 0.717) is 16.6 Å². The van der Waals surface area contributed by atoms with E-state index in [4.69, 9.17) is 10.6 Å². The molecular formula is C22H18FN5O2S. The van der Waals surface area contributed by atoms with Gasteiger partial charge in [-0.2, -0.15) is 0 Å². The van der Waals surface area contributed by atoms with Gasteiger partial charge in [0.25, 0.3) is 0 Å². The smallest absolute Gasteiger partial charge is 0.234 e. The fraction of sp³-hybridized carbons (Fsp3) is 0.0455. The quantitative estimate of drug-likeness (QED) is 0.332. The lowest BCUT2D eigenvalue weighted by atomic mass is 10.2. The number of nitrogen functional groups attached to an aromatic ring is 1. The highest BCUT2D eigenvalue weighted by Crippen LogP contribution is 2.25. The summed E-state index contributed by atoms with van der Waals surface area (Å²) in [7, 11) is 0. The Hall–Kier alpha value is -3.85. The molecule has 1 aromatic heterocycles. The van der Waals surface area contributed by atoms with E-state index in [9.17, 15) is 9.18 Å². The molecule has 4 aromatic rings. The van der Waals surface area contributed by atoms with Crippen LogP contribution in [0, 0.1) is 5.82 Å². The van der Waals surface area contributed by atoms with Gasteiger partial charge in [0.2, 0.25) is 11.1 Å². The molecule has 0 fully saturated rings. The molecule has 1 heterocycles. The van der Waals surface area contributed by atoms with Crippen molar-refractivity contribution in [1.29, 1.82) is 0 Å². The zero-order valence-electron chi connectivity index (χ0n) is 16.2. The molecule has 0 unspecified atom stereocenters. The minimum absolute atomic E-state index is 0.0644. The highest BCUT2D eigenvalue weighted by atomic mass is 32.2. The second-order valence-corrected chi connectivity index (χ2v) is 7.37. The summed E-state index contributed by atoms with van der Waals surface area (Å²) in [5, 5.41) is 11.0. The van der Waals surface area contributed by atoms with E-state index in [1.165, 1.54) is 10.7 Å². The minimum atomic E-state index is -0.449. The topological polar surface area (TPSA) is 95.1 Å². The third-order valence-electron chi connectivity index (χ3n) is 4.23. The maximum absolute atomic E-state index is 14.0. The Morgan fingerprint density at radius 1 is 0.968 bits per heavy atom. The fourth-order valence-electron chi connectivity index (χ4n) is 2.76. The number of nitrogens with zero attached hydrogens (tertiary/aromatic N) is 3. The summed E-state index contributed by atoms with van der Waals surface area (Å²) in [5.41, 5.74) is 0.874. The number of carbonyl (C=O) groups excluding carboxylic acids is 1. The molecule has 31 heavy (non-hydrogen) atoms. The third-order valence-corrected chi connectivity index (χ3v) is 5.17. The number of hydrogen-bond donors (Lipinski definition) is 2. The van der Waals surface area contributed by atoms with Crippen LogP contribution in [0.2, 0.25) is 0 Å². The first-order valence-corrected chi connectivity index (χ1v) is 10.3. The van der Waals surface area contributed by atoms with Crippen molar-refractivity contribution in [3.63, 3.8) is 0 Å². The highest BCUT2D eigenvalue weighted by molar-refractivity contribution is 7.99. The Morgan fingerprint density at radius 3 is 2.39 bits per heavy atom. The maximum atomic E-state index is 14.0. The van der Waals surface area contributed by atoms with E-state index in [1.54, 1.807) is 42.5 Å². The van der Waals surface area contributed by atoms with Gasteiger partial charge < -0.3 is 15.9 Å². The van der Waals surface area contributed by atoms with Crippen molar-refractivity contribution in [2.45, 2.75) is 5.16 Å². The van der Waals surface area contributed by atoms with E-state index in [1.807, 2.05) is 30.3 Å². The largest absolute Gasteiger partial charge is 0.457 e. The van der Waals surface area contributed by atoms with Gasteiger partial charge in [-0.1, -0.05) is 42.1 Å². The predicted octanol–water partition coefficient (Wildman–Crippen LogP) is 4.32. The van der Waals surface area contributed by atoms with Crippen LogP contribution >= 0.6 is 11.8 Å². The van der Waals surface area contributed by atoms with E-state index < -0.39 is 5.82 Å². The first-order chi connectivity index (χ1) is 15.1. The van der Waals surface area contributed by atoms with Crippen molar-refractivity contribution < 1.29 is 13.9 Å². The summed E-state index contributed by atoms with van der Waals surface area (Å²) >= 11 is 1.11. The number of nitrogens with one attached hydrogen (secondary N) is 1. The summed E-state index contributed by atoms with van der Waals surface area (Å²) in [6.07, 6.45) is 0. The van der Waals surface area contributed by atoms with E-state index in [2.05, 4.69) is 15.5 Å². The second kappa shape index (κ2) is 9.31. The Balaban J connectivity index is 1.33. The highest BCUT2D eigenvalue weighted by Gasteiger charge is 2.16. The number of nitrogens with two attached hydrogens (primary N) is 1. The number of para-hydroxylation sites is 1. The molecule has 0 aliphatic rings. The van der Waals surface area contributed by atoms with Gasteiger partial charge >= 0.3 is 0 Å². The lowest BCUT2D eigenvalue weighted by Crippen LogP contribution is -2.16. The summed E-state index contributed by atoms with van der Waals surface area (Å²) in [4.78, 5) is 12.3. The van der Waals surface area contributed by atoms with E-state index in [-0.39, 0.29) is 23.0 Å². The number of aromatic nitrogens is 3. The van der Waals surface area contributed by atoms with Crippen LogP contribution in [0.3, 0.4) is 0 Å². The van der Waals surface area contributed by atoms with Gasteiger partial charge in [0.15, 0.2) is 5.82 Å². The minimum Gasteiger partial charge on any atom is -0.457 e. The number of thioether (sulfide) groups is 1. The van der Waals surface area contributed by atoms with Gasteiger partial charge in [-0.3, -0.25) is 4.79 Å². The van der Waals surface area contributed by atoms with Crippen molar-refractivity contribution in [2.24, 2.45) is 0 Å². The molecular weight excluding hydrogens is 417 g/mol. The van der Waals surface area contributed by atoms with Crippen LogP contribution in [-0.4, -0.2) is 26.5 Å². The normalized spacial score (nSPS) is 10.6. The Morgan fingerprint density at radius 2 is 1.65 bits per heavy atom. The van der Waals surface area contributed by atoms with Gasteiger partial charge in [-0.15, -0.1) is 10.2 Å². The number of anilines is 1. The van der Waals surface area contributed by atoms with Crippen molar-refractivity contribution in [2.75, 3.05) is 16.9 Å². The van der Waals surface area contributed by atoms with Crippen LogP contribution in [0.5, 0.6) is 11.5 Å². The van der Waals surface area contributed by atoms with Crippen molar-refractivity contribution in [1.82, 2.24) is 14.9 Å². The molecule has 0 aliphatic carbocycles. The number of hydrogen-bond acceptors (Lipinski definition) is 6. The molecule has 156 valence electrons. The lowest BCUT2D eigenvalue weighted by Gasteiger charge is -2.08. The Bertz CT molecular complexity index is 1180. The number of amides is 1. The van der Waals surface area contributed by atoms with E-state index >= 15 is 0 Å². The van der Waals surface area contributed by atoms with Crippen LogP contribution in [0.15, 0.2) is 84.0 Å². The predicted molar refractivity (Wildman–Crippen MR) is 118 cm³/mol. The van der Waals surface area contributed by atoms with E-state index in [0.717, 1.165) is 17.5 Å². The van der Waals surface area contributed by atoms with Gasteiger partial charge in [0.1, 0.15) is 17.3 Å². The fourth-order valence-corrected chi connectivity index (χ4v) is 3.42. The molecule has 0 atom stereocenters. The molecule has 0 radical (unpaired) electrons. The number of benzene rings is 3. The summed E-state index contributed by atoms with van der Waals surface area (Å²) in [6.45, 7) is 0. The molecule has 0 saturated heterocycles. The number of carbonyl (C=O) groups is 1. The van der Waals surface area contributed by atoms with Gasteiger partial charge in [-0.25, -0.2) is 9.07 Å². The average Bonchev–Trinajstić information content (AvgIpc) is 3.15. The van der Waals surface area contributed by atoms with Crippen LogP contribution in [0.1, 0.15) is 0 Å². The van der Waals surface area contributed by atoms with Crippen LogP contribution < -0.4 is 15.9 Å². The van der Waals surface area contributed by atoms with Gasteiger partial charge in [0, 0.05) is 5.69 Å². The summed E-state index contributed by atoms with van der Waals surface area (Å²) in [5.74, 6) is 6.94. The van der Waals surface area contributed by atoms with Crippen molar-refractivity contribution >= 4 is 23.4 Å². The second-order valence-electron chi connectivity index (χ2n) is 6.43. The summed E-state index contributed by atoms with van der Waals surface area (Å²) < 4.78 is 20.9. The molecule has 3 N–H and O–H groups in total. The number of rotatable bonds is 7. The first-order valence-electron chi connectivity index (χ1n) is 9.31. The SMILES string of the molecule is Nn1c(SCC(=O)Nc2ccc(Oc3ccccc3)cc2)nnc1-c1ccccc1F. The standard InChI is InChI=1S/C22H18FN5O2S/c23-19-9-5-4-8-18(19)21-26-27-22(28(21)24)31-14-20(29)25-15-10-12-17(13-11-15)30-16-6-2-1-3-7-16/h1-13H,14,24H2,(H,25,29). The Labute approximate surface area is 182 Å². The zero-order chi connectivity index (χ0) is 21.6. The number of halogens is 1. The molecule has 0 spiro atoms. The molecule has 1 amide bonds. The van der Waals surface area contributed by atoms with Crippen LogP contribution in [0.25, 0.3) is 11.4 Å². The molecule has 0 bridgehead atoms. The summed E-state index contributed by atoms with van der Waals surface area (Å²) in [6, 6.07) is 22.6. The molecule has 4 rings (SSSR count). The Kier molecular flexibility index (Phi) is 6.13. The van der Waals surface area contributed by atoms with Gasteiger partial charge in [-0.05, 0) is 48.5 Å². The first kappa shape index (κ1) is 20.4. The van der Waals surface area contributed by atoms with Crippen molar-refractivity contribution in [3.05, 3.63) is 84.7 Å². The number of ether oxygens (including phenoxy) is 1. The monoisotopic (exact) mass is 435 g/mol. The average molecular weight is 435 g/mol. The molecule has 3 aromatic carbocycles. The van der Waals surface area contributed by atoms with Crippen LogP contribution in [0.4, 0.5) is 10.1 Å². The lowest BCUT2D eigenvalue weighted by molar-refractivity contribution is -0.113.